The second kappa shape index (κ2) is 8.61. The quantitative estimate of drug-likeness (QED) is 0.750. The number of hydrogen-bond acceptors (Lipinski definition) is 3. The summed E-state index contributed by atoms with van der Waals surface area (Å²) in [4.78, 5) is 13.5. The summed E-state index contributed by atoms with van der Waals surface area (Å²) in [6, 6.07) is 5.31. The van der Waals surface area contributed by atoms with Crippen LogP contribution >= 0.6 is 24.0 Å². The molecule has 140 valence electrons. The largest absolute Gasteiger partial charge is 0.494 e. The van der Waals surface area contributed by atoms with Crippen LogP contribution < -0.4 is 10.1 Å². The van der Waals surface area contributed by atoms with Crippen LogP contribution in [0, 0.1) is 11.3 Å². The molecule has 0 radical (unpaired) electrons. The molecule has 0 bridgehead atoms. The number of halogens is 2. The van der Waals surface area contributed by atoms with Crippen LogP contribution in [-0.2, 0) is 0 Å². The Labute approximate surface area is 161 Å². The molecule has 1 heterocycles. The van der Waals surface area contributed by atoms with E-state index in [1.807, 2.05) is 6.07 Å². The first-order chi connectivity index (χ1) is 11.5. The number of ether oxygens (including phenoxy) is 1. The molecule has 1 saturated carbocycles. The minimum atomic E-state index is -0.0902. The minimum Gasteiger partial charge on any atom is -0.494 e. The van der Waals surface area contributed by atoms with Crippen molar-refractivity contribution in [3.05, 3.63) is 28.8 Å². The molecule has 1 saturated heterocycles. The minimum absolute atomic E-state index is 0. The highest BCUT2D eigenvalue weighted by atomic mass is 35.5. The van der Waals surface area contributed by atoms with E-state index in [2.05, 4.69) is 5.32 Å². The molecule has 2 fully saturated rings. The lowest BCUT2D eigenvalue weighted by Gasteiger charge is -2.23. The smallest absolute Gasteiger partial charge is 0.254 e. The third kappa shape index (κ3) is 4.81. The SMILES string of the molecule is CN(C)C(=O)c1ccc(OCCC[C@H]2CC23CCNCC3)cc1Cl.Cl. The van der Waals surface area contributed by atoms with E-state index in [1.165, 1.54) is 43.7 Å². The first-order valence-corrected chi connectivity index (χ1v) is 9.24. The lowest BCUT2D eigenvalue weighted by Crippen LogP contribution is -2.29. The number of carbonyl (C=O) groups excluding carboxylic acids is 1. The summed E-state index contributed by atoms with van der Waals surface area (Å²) < 4.78 is 5.81. The Morgan fingerprint density at radius 1 is 1.36 bits per heavy atom. The van der Waals surface area contributed by atoms with Crippen molar-refractivity contribution < 1.29 is 9.53 Å². The average Bonchev–Trinajstić information content (AvgIpc) is 3.23. The van der Waals surface area contributed by atoms with Crippen LogP contribution in [0.25, 0.3) is 0 Å². The third-order valence-corrected chi connectivity index (χ3v) is 5.81. The van der Waals surface area contributed by atoms with Gasteiger partial charge < -0.3 is 15.0 Å². The van der Waals surface area contributed by atoms with Crippen molar-refractivity contribution in [2.24, 2.45) is 11.3 Å². The zero-order chi connectivity index (χ0) is 17.2. The van der Waals surface area contributed by atoms with E-state index < -0.39 is 0 Å². The summed E-state index contributed by atoms with van der Waals surface area (Å²) in [5.41, 5.74) is 1.17. The third-order valence-electron chi connectivity index (χ3n) is 5.50. The molecule has 2 aliphatic rings. The van der Waals surface area contributed by atoms with Gasteiger partial charge in [-0.05, 0) is 74.7 Å². The van der Waals surface area contributed by atoms with Crippen molar-refractivity contribution in [2.75, 3.05) is 33.8 Å². The second-order valence-electron chi connectivity index (χ2n) is 7.35. The normalized spacial score (nSPS) is 20.7. The van der Waals surface area contributed by atoms with Gasteiger partial charge in [-0.2, -0.15) is 0 Å². The molecule has 1 atom stereocenters. The zero-order valence-electron chi connectivity index (χ0n) is 15.0. The molecule has 25 heavy (non-hydrogen) atoms. The standard InChI is InChI=1S/C19H27ClN2O2.ClH/c1-22(2)18(23)16-6-5-15(12-17(16)20)24-11-3-4-14-13-19(14)7-9-21-10-8-19;/h5-6,12,14,21H,3-4,7-11,13H2,1-2H3;1H/t14-;/m0./s1. The maximum Gasteiger partial charge on any atom is 0.254 e. The number of nitrogens with one attached hydrogen (secondary N) is 1. The Morgan fingerprint density at radius 2 is 2.08 bits per heavy atom. The van der Waals surface area contributed by atoms with Crippen molar-refractivity contribution in [3.63, 3.8) is 0 Å². The fourth-order valence-electron chi connectivity index (χ4n) is 3.90. The Balaban J connectivity index is 0.00000225. The molecule has 1 spiro atoms. The molecule has 1 aliphatic heterocycles. The predicted octanol–water partition coefficient (Wildman–Crippen LogP) is 4.01. The number of carbonyl (C=O) groups is 1. The van der Waals surface area contributed by atoms with Gasteiger partial charge in [0.15, 0.2) is 0 Å². The summed E-state index contributed by atoms with van der Waals surface area (Å²) in [6.07, 6.45) is 6.42. The van der Waals surface area contributed by atoms with Gasteiger partial charge in [0.25, 0.3) is 5.91 Å². The second-order valence-corrected chi connectivity index (χ2v) is 7.75. The molecule has 1 amide bonds. The summed E-state index contributed by atoms with van der Waals surface area (Å²) in [5, 5.41) is 3.90. The van der Waals surface area contributed by atoms with Crippen molar-refractivity contribution in [1.29, 1.82) is 0 Å². The number of piperidine rings is 1. The van der Waals surface area contributed by atoms with Gasteiger partial charge in [0.2, 0.25) is 0 Å². The summed E-state index contributed by atoms with van der Waals surface area (Å²) in [5.74, 6) is 1.54. The van der Waals surface area contributed by atoms with E-state index >= 15 is 0 Å². The molecule has 0 aromatic heterocycles. The molecule has 0 unspecified atom stereocenters. The van der Waals surface area contributed by atoms with E-state index in [1.54, 1.807) is 26.2 Å². The van der Waals surface area contributed by atoms with Crippen LogP contribution in [-0.4, -0.2) is 44.6 Å². The van der Waals surface area contributed by atoms with Gasteiger partial charge >= 0.3 is 0 Å². The van der Waals surface area contributed by atoms with Gasteiger partial charge in [0, 0.05) is 14.1 Å². The fourth-order valence-corrected chi connectivity index (χ4v) is 4.15. The molecule has 1 N–H and O–H groups in total. The molecule has 4 nitrogen and oxygen atoms in total. The molecule has 1 aromatic rings. The number of rotatable bonds is 6. The van der Waals surface area contributed by atoms with Crippen LogP contribution in [0.1, 0.15) is 42.5 Å². The first-order valence-electron chi connectivity index (χ1n) is 8.86. The molecule has 1 aromatic carbocycles. The number of nitrogens with zero attached hydrogens (tertiary/aromatic N) is 1. The van der Waals surface area contributed by atoms with Crippen molar-refractivity contribution in [3.8, 4) is 5.75 Å². The maximum atomic E-state index is 12.0. The highest BCUT2D eigenvalue weighted by Gasteiger charge is 2.52. The molecular formula is C19H28Cl2N2O2. The predicted molar refractivity (Wildman–Crippen MR) is 104 cm³/mol. The van der Waals surface area contributed by atoms with Crippen LogP contribution in [0.15, 0.2) is 18.2 Å². The maximum absolute atomic E-state index is 12.0. The summed E-state index contributed by atoms with van der Waals surface area (Å²) in [6.45, 7) is 3.08. The highest BCUT2D eigenvalue weighted by Crippen LogP contribution is 2.60. The zero-order valence-corrected chi connectivity index (χ0v) is 16.6. The van der Waals surface area contributed by atoms with Gasteiger partial charge in [-0.15, -0.1) is 12.4 Å². The number of hydrogen-bond donors (Lipinski definition) is 1. The van der Waals surface area contributed by atoms with Gasteiger partial charge in [-0.1, -0.05) is 11.6 Å². The van der Waals surface area contributed by atoms with E-state index in [9.17, 15) is 4.79 Å². The van der Waals surface area contributed by atoms with Gasteiger partial charge in [-0.3, -0.25) is 4.79 Å². The fraction of sp³-hybridized carbons (Fsp3) is 0.632. The van der Waals surface area contributed by atoms with E-state index in [0.717, 1.165) is 18.1 Å². The molecule has 6 heteroatoms. The summed E-state index contributed by atoms with van der Waals surface area (Å²) >= 11 is 6.21. The summed E-state index contributed by atoms with van der Waals surface area (Å²) in [7, 11) is 3.44. The van der Waals surface area contributed by atoms with Gasteiger partial charge in [0.1, 0.15) is 5.75 Å². The van der Waals surface area contributed by atoms with Crippen molar-refractivity contribution in [1.82, 2.24) is 10.2 Å². The lowest BCUT2D eigenvalue weighted by molar-refractivity contribution is 0.0827. The van der Waals surface area contributed by atoms with E-state index in [4.69, 9.17) is 16.3 Å². The van der Waals surface area contributed by atoms with Crippen LogP contribution in [0.2, 0.25) is 5.02 Å². The van der Waals surface area contributed by atoms with E-state index in [-0.39, 0.29) is 18.3 Å². The van der Waals surface area contributed by atoms with Crippen LogP contribution in [0.5, 0.6) is 5.75 Å². The Bertz CT molecular complexity index is 601. The van der Waals surface area contributed by atoms with Gasteiger partial charge in [-0.25, -0.2) is 0 Å². The first kappa shape index (κ1) is 20.3. The number of amides is 1. The van der Waals surface area contributed by atoms with Gasteiger partial charge in [0.05, 0.1) is 17.2 Å². The Morgan fingerprint density at radius 3 is 2.72 bits per heavy atom. The Hall–Kier alpha value is -0.970. The number of benzene rings is 1. The molecule has 3 rings (SSSR count). The molecular weight excluding hydrogens is 359 g/mol. The topological polar surface area (TPSA) is 41.6 Å². The molecule has 1 aliphatic carbocycles. The Kier molecular flexibility index (Phi) is 7.01. The van der Waals surface area contributed by atoms with E-state index in [0.29, 0.717) is 22.6 Å². The van der Waals surface area contributed by atoms with Crippen molar-refractivity contribution in [2.45, 2.75) is 32.1 Å². The average molecular weight is 387 g/mol. The highest BCUT2D eigenvalue weighted by molar-refractivity contribution is 6.34. The monoisotopic (exact) mass is 386 g/mol. The van der Waals surface area contributed by atoms with Crippen LogP contribution in [0.3, 0.4) is 0 Å². The lowest BCUT2D eigenvalue weighted by atomic mass is 9.91. The van der Waals surface area contributed by atoms with Crippen molar-refractivity contribution >= 4 is 29.9 Å². The van der Waals surface area contributed by atoms with Crippen LogP contribution in [0.4, 0.5) is 0 Å².